The molecule has 0 aliphatic heterocycles. The fraction of sp³-hybridized carbons (Fsp3) is 0.182. The predicted molar refractivity (Wildman–Crippen MR) is 60.4 cm³/mol. The van der Waals surface area contributed by atoms with E-state index in [4.69, 9.17) is 0 Å². The third-order valence-corrected chi connectivity index (χ3v) is 2.34. The Bertz CT molecular complexity index is 592. The first-order valence-electron chi connectivity index (χ1n) is 5.20. The molecule has 0 aromatic carbocycles. The molecular formula is C11H9F3N4O. The molecular weight excluding hydrogens is 261 g/mol. The lowest BCUT2D eigenvalue weighted by Crippen LogP contribution is -2.15. The molecule has 0 saturated heterocycles. The maximum absolute atomic E-state index is 12.5. The van der Waals surface area contributed by atoms with Gasteiger partial charge in [-0.3, -0.25) is 14.5 Å². The summed E-state index contributed by atoms with van der Waals surface area (Å²) in [7, 11) is 1.27. The van der Waals surface area contributed by atoms with E-state index in [2.05, 4.69) is 15.4 Å². The van der Waals surface area contributed by atoms with E-state index in [-0.39, 0.29) is 5.69 Å². The van der Waals surface area contributed by atoms with E-state index in [1.807, 2.05) is 0 Å². The van der Waals surface area contributed by atoms with Crippen molar-refractivity contribution in [3.63, 3.8) is 0 Å². The summed E-state index contributed by atoms with van der Waals surface area (Å²) < 4.78 is 38.3. The minimum atomic E-state index is -4.58. The van der Waals surface area contributed by atoms with Gasteiger partial charge in [-0.25, -0.2) is 0 Å². The smallest absolute Gasteiger partial charge is 0.321 e. The van der Waals surface area contributed by atoms with Crippen LogP contribution in [-0.4, -0.2) is 20.7 Å². The van der Waals surface area contributed by atoms with E-state index in [1.165, 1.54) is 31.6 Å². The molecule has 8 heteroatoms. The number of carbonyl (C=O) groups is 1. The van der Waals surface area contributed by atoms with Crippen molar-refractivity contribution < 1.29 is 18.0 Å². The number of nitrogens with one attached hydrogen (secondary N) is 1. The Morgan fingerprint density at radius 2 is 1.95 bits per heavy atom. The lowest BCUT2D eigenvalue weighted by atomic mass is 10.3. The molecule has 0 aliphatic carbocycles. The zero-order valence-electron chi connectivity index (χ0n) is 9.77. The molecule has 2 rings (SSSR count). The van der Waals surface area contributed by atoms with Crippen molar-refractivity contribution in [1.29, 1.82) is 0 Å². The van der Waals surface area contributed by atoms with E-state index in [0.717, 1.165) is 4.68 Å². The van der Waals surface area contributed by atoms with Crippen LogP contribution in [0.4, 0.5) is 18.9 Å². The highest BCUT2D eigenvalue weighted by Gasteiger charge is 2.35. The number of rotatable bonds is 2. The highest BCUT2D eigenvalue weighted by molar-refractivity contribution is 6.03. The zero-order valence-corrected chi connectivity index (χ0v) is 9.77. The van der Waals surface area contributed by atoms with Crippen LogP contribution in [0.2, 0.25) is 0 Å². The Morgan fingerprint density at radius 3 is 2.47 bits per heavy atom. The van der Waals surface area contributed by atoms with Gasteiger partial charge in [0.2, 0.25) is 0 Å². The maximum atomic E-state index is 12.5. The molecule has 0 saturated carbocycles. The van der Waals surface area contributed by atoms with Crippen molar-refractivity contribution in [3.8, 4) is 0 Å². The number of alkyl halides is 3. The highest BCUT2D eigenvalue weighted by Crippen LogP contribution is 2.28. The minimum absolute atomic E-state index is 0.177. The van der Waals surface area contributed by atoms with Gasteiger partial charge in [-0.15, -0.1) is 0 Å². The van der Waals surface area contributed by atoms with Crippen molar-refractivity contribution in [2.75, 3.05) is 5.32 Å². The summed E-state index contributed by atoms with van der Waals surface area (Å²) >= 11 is 0. The largest absolute Gasteiger partial charge is 0.435 e. The van der Waals surface area contributed by atoms with Crippen LogP contribution in [0.3, 0.4) is 0 Å². The molecule has 2 aromatic heterocycles. The number of nitrogens with zero attached hydrogens (tertiary/aromatic N) is 3. The average molecular weight is 270 g/mol. The number of aryl methyl sites for hydroxylation is 1. The molecule has 1 amide bonds. The summed E-state index contributed by atoms with van der Waals surface area (Å²) in [6.07, 6.45) is -1.66. The van der Waals surface area contributed by atoms with E-state index in [0.29, 0.717) is 11.8 Å². The van der Waals surface area contributed by atoms with Gasteiger partial charge >= 0.3 is 6.18 Å². The Kier molecular flexibility index (Phi) is 3.24. The molecule has 0 radical (unpaired) electrons. The van der Waals surface area contributed by atoms with E-state index < -0.39 is 17.8 Å². The number of anilines is 1. The van der Waals surface area contributed by atoms with Gasteiger partial charge in [-0.1, -0.05) is 0 Å². The predicted octanol–water partition coefficient (Wildman–Crippen LogP) is 2.09. The van der Waals surface area contributed by atoms with Gasteiger partial charge in [0.1, 0.15) is 5.69 Å². The van der Waals surface area contributed by atoms with Gasteiger partial charge in [0.25, 0.3) is 5.91 Å². The first kappa shape index (κ1) is 13.1. The topological polar surface area (TPSA) is 59.8 Å². The number of pyridine rings is 1. The average Bonchev–Trinajstić information content (AvgIpc) is 2.72. The number of halogens is 3. The minimum Gasteiger partial charge on any atom is -0.321 e. The van der Waals surface area contributed by atoms with Gasteiger partial charge in [-0.05, 0) is 12.1 Å². The van der Waals surface area contributed by atoms with Crippen LogP contribution in [0, 0.1) is 0 Å². The van der Waals surface area contributed by atoms with Crippen molar-refractivity contribution in [1.82, 2.24) is 14.8 Å². The second-order valence-corrected chi connectivity index (χ2v) is 3.73. The van der Waals surface area contributed by atoms with Crippen LogP contribution in [0.5, 0.6) is 0 Å². The molecule has 2 aromatic rings. The molecule has 19 heavy (non-hydrogen) atoms. The van der Waals surface area contributed by atoms with E-state index >= 15 is 0 Å². The Morgan fingerprint density at radius 1 is 1.32 bits per heavy atom. The highest BCUT2D eigenvalue weighted by atomic mass is 19.4. The summed E-state index contributed by atoms with van der Waals surface area (Å²) in [4.78, 5) is 15.6. The van der Waals surface area contributed by atoms with Crippen molar-refractivity contribution in [2.24, 2.45) is 7.05 Å². The number of aromatic nitrogens is 3. The summed E-state index contributed by atoms with van der Waals surface area (Å²) in [5, 5.41) is 5.72. The normalized spacial score (nSPS) is 11.4. The van der Waals surface area contributed by atoms with E-state index in [1.54, 1.807) is 0 Å². The second kappa shape index (κ2) is 4.71. The Balaban J connectivity index is 2.23. The molecule has 0 unspecified atom stereocenters. The molecule has 5 nitrogen and oxygen atoms in total. The molecule has 0 aliphatic rings. The lowest BCUT2D eigenvalue weighted by Gasteiger charge is -2.04. The van der Waals surface area contributed by atoms with Crippen molar-refractivity contribution in [3.05, 3.63) is 42.0 Å². The third kappa shape index (κ3) is 2.90. The lowest BCUT2D eigenvalue weighted by molar-refractivity contribution is -0.141. The zero-order chi connectivity index (χ0) is 14.0. The quantitative estimate of drug-likeness (QED) is 0.909. The van der Waals surface area contributed by atoms with Gasteiger partial charge in [0.05, 0.1) is 0 Å². The first-order valence-corrected chi connectivity index (χ1v) is 5.20. The summed E-state index contributed by atoms with van der Waals surface area (Å²) in [5.41, 5.74) is -0.839. The molecule has 1 N–H and O–H groups in total. The van der Waals surface area contributed by atoms with Crippen LogP contribution < -0.4 is 5.32 Å². The number of carbonyl (C=O) groups excluding carboxylic acids is 1. The first-order chi connectivity index (χ1) is 8.88. The SMILES string of the molecule is Cn1nc(C(F)(F)F)cc1C(=O)Nc1ccncc1. The van der Waals surface area contributed by atoms with Crippen LogP contribution >= 0.6 is 0 Å². The fourth-order valence-electron chi connectivity index (χ4n) is 1.45. The number of hydrogen-bond acceptors (Lipinski definition) is 3. The summed E-state index contributed by atoms with van der Waals surface area (Å²) in [5.74, 6) is -0.670. The van der Waals surface area contributed by atoms with Crippen molar-refractivity contribution in [2.45, 2.75) is 6.18 Å². The maximum Gasteiger partial charge on any atom is 0.435 e. The van der Waals surface area contributed by atoms with E-state index in [9.17, 15) is 18.0 Å². The standard InChI is InChI=1S/C11H9F3N4O/c1-18-8(6-9(17-18)11(12,13)14)10(19)16-7-2-4-15-5-3-7/h2-6H,1H3,(H,15,16,19). The summed E-state index contributed by atoms with van der Waals surface area (Å²) in [6.45, 7) is 0. The van der Waals surface area contributed by atoms with Gasteiger partial charge in [0.15, 0.2) is 5.69 Å². The molecule has 0 spiro atoms. The number of hydrogen-bond donors (Lipinski definition) is 1. The Labute approximate surface area is 106 Å². The van der Waals surface area contributed by atoms with Gasteiger partial charge in [-0.2, -0.15) is 18.3 Å². The molecule has 2 heterocycles. The second-order valence-electron chi connectivity index (χ2n) is 3.73. The summed E-state index contributed by atoms with van der Waals surface area (Å²) in [6, 6.07) is 3.76. The van der Waals surface area contributed by atoms with Crippen molar-refractivity contribution >= 4 is 11.6 Å². The van der Waals surface area contributed by atoms with Crippen LogP contribution in [0.15, 0.2) is 30.6 Å². The number of amides is 1. The molecule has 0 bridgehead atoms. The Hall–Kier alpha value is -2.38. The van der Waals surface area contributed by atoms with Crippen LogP contribution in [0.25, 0.3) is 0 Å². The van der Waals surface area contributed by atoms with Crippen LogP contribution in [0.1, 0.15) is 16.2 Å². The van der Waals surface area contributed by atoms with Gasteiger partial charge < -0.3 is 5.32 Å². The fourth-order valence-corrected chi connectivity index (χ4v) is 1.45. The molecule has 0 atom stereocenters. The third-order valence-electron chi connectivity index (χ3n) is 2.34. The molecule has 0 fully saturated rings. The van der Waals surface area contributed by atoms with Crippen LogP contribution in [-0.2, 0) is 13.2 Å². The van der Waals surface area contributed by atoms with Gasteiger partial charge in [0, 0.05) is 31.2 Å². The molecule has 100 valence electrons. The monoisotopic (exact) mass is 270 g/mol.